The summed E-state index contributed by atoms with van der Waals surface area (Å²) in [5.74, 6) is -0.0629. The van der Waals surface area contributed by atoms with Crippen LogP contribution in [0.3, 0.4) is 0 Å². The van der Waals surface area contributed by atoms with Crippen LogP contribution in [0.2, 0.25) is 0 Å². The number of carbonyl (C=O) groups is 2. The average molecular weight is 415 g/mol. The van der Waals surface area contributed by atoms with Gasteiger partial charge in [-0.1, -0.05) is 30.3 Å². The molecule has 4 rings (SSSR count). The molecule has 3 aliphatic rings. The summed E-state index contributed by atoms with van der Waals surface area (Å²) in [5.41, 5.74) is 1.30. The fourth-order valence-electron chi connectivity index (χ4n) is 4.72. The summed E-state index contributed by atoms with van der Waals surface area (Å²) in [6.45, 7) is 6.86. The summed E-state index contributed by atoms with van der Waals surface area (Å²) in [6.07, 6.45) is 3.93. The van der Waals surface area contributed by atoms with E-state index in [9.17, 15) is 9.59 Å². The lowest BCUT2D eigenvalue weighted by Gasteiger charge is -2.35. The molecule has 0 radical (unpaired) electrons. The summed E-state index contributed by atoms with van der Waals surface area (Å²) in [7, 11) is 0. The smallest absolute Gasteiger partial charge is 0.320 e. The van der Waals surface area contributed by atoms with E-state index in [0.29, 0.717) is 19.7 Å². The van der Waals surface area contributed by atoms with E-state index >= 15 is 0 Å². The van der Waals surface area contributed by atoms with Crippen LogP contribution in [0, 0.1) is 5.92 Å². The molecule has 0 aromatic heterocycles. The highest BCUT2D eigenvalue weighted by Crippen LogP contribution is 2.20. The fourth-order valence-corrected chi connectivity index (χ4v) is 4.72. The summed E-state index contributed by atoms with van der Waals surface area (Å²) in [4.78, 5) is 31.6. The molecule has 1 aromatic carbocycles. The first-order valence-corrected chi connectivity index (χ1v) is 11.4. The van der Waals surface area contributed by atoms with Gasteiger partial charge < -0.3 is 19.9 Å². The number of nitrogens with one attached hydrogen (secondary N) is 1. The molecule has 0 bridgehead atoms. The van der Waals surface area contributed by atoms with E-state index in [0.717, 1.165) is 65.0 Å². The number of carbonyl (C=O) groups excluding carboxylic acids is 2. The molecular formula is C23H34N4O3. The number of benzene rings is 1. The summed E-state index contributed by atoms with van der Waals surface area (Å²) in [6, 6.07) is 10.6. The minimum absolute atomic E-state index is 0.0114. The van der Waals surface area contributed by atoms with Gasteiger partial charge in [0.05, 0.1) is 18.6 Å². The number of morpholine rings is 1. The quantitative estimate of drug-likeness (QED) is 0.800. The minimum atomic E-state index is -0.116. The Hall–Kier alpha value is -2.12. The van der Waals surface area contributed by atoms with Crippen LogP contribution in [-0.2, 0) is 16.1 Å². The van der Waals surface area contributed by atoms with Crippen molar-refractivity contribution in [1.82, 2.24) is 20.0 Å². The van der Waals surface area contributed by atoms with Gasteiger partial charge in [0, 0.05) is 52.4 Å². The van der Waals surface area contributed by atoms with E-state index in [4.69, 9.17) is 4.74 Å². The summed E-state index contributed by atoms with van der Waals surface area (Å²) in [5, 5.41) is 3.09. The first-order valence-electron chi connectivity index (χ1n) is 11.4. The van der Waals surface area contributed by atoms with Gasteiger partial charge in [0.2, 0.25) is 5.91 Å². The molecule has 0 saturated carbocycles. The number of hydrogen-bond donors (Lipinski definition) is 1. The number of urea groups is 1. The molecule has 7 nitrogen and oxygen atoms in total. The third-order valence-electron chi connectivity index (χ3n) is 6.42. The van der Waals surface area contributed by atoms with Gasteiger partial charge in [-0.25, -0.2) is 4.79 Å². The van der Waals surface area contributed by atoms with Crippen molar-refractivity contribution >= 4 is 11.9 Å². The van der Waals surface area contributed by atoms with E-state index < -0.39 is 0 Å². The van der Waals surface area contributed by atoms with Crippen molar-refractivity contribution in [3.8, 4) is 0 Å². The van der Waals surface area contributed by atoms with Gasteiger partial charge in [-0.15, -0.1) is 0 Å². The maximum Gasteiger partial charge on any atom is 0.320 e. The molecular weight excluding hydrogens is 380 g/mol. The number of ether oxygens (including phenoxy) is 1. The van der Waals surface area contributed by atoms with Crippen molar-refractivity contribution in [2.45, 2.75) is 38.3 Å². The highest BCUT2D eigenvalue weighted by molar-refractivity contribution is 5.81. The van der Waals surface area contributed by atoms with Crippen LogP contribution in [0.25, 0.3) is 0 Å². The normalized spacial score (nSPS) is 25.3. The van der Waals surface area contributed by atoms with Crippen LogP contribution in [-0.4, -0.2) is 85.2 Å². The zero-order valence-electron chi connectivity index (χ0n) is 17.8. The van der Waals surface area contributed by atoms with Crippen molar-refractivity contribution in [2.75, 3.05) is 52.4 Å². The Labute approximate surface area is 179 Å². The molecule has 0 aliphatic carbocycles. The molecule has 1 N–H and O–H groups in total. The minimum Gasteiger partial charge on any atom is -0.374 e. The maximum atomic E-state index is 12.8. The lowest BCUT2D eigenvalue weighted by Crippen LogP contribution is -2.51. The lowest BCUT2D eigenvalue weighted by molar-refractivity contribution is -0.127. The topological polar surface area (TPSA) is 65.1 Å². The fraction of sp³-hybridized carbons (Fsp3) is 0.652. The number of likely N-dealkylation sites (tertiary alicyclic amines) is 2. The van der Waals surface area contributed by atoms with Crippen molar-refractivity contribution in [2.24, 2.45) is 5.92 Å². The van der Waals surface area contributed by atoms with E-state index in [2.05, 4.69) is 34.5 Å². The van der Waals surface area contributed by atoms with Crippen LogP contribution < -0.4 is 5.32 Å². The van der Waals surface area contributed by atoms with Gasteiger partial charge in [-0.3, -0.25) is 9.69 Å². The SMILES string of the molecule is O=C(NCC1CN(Cc2ccccc2)CCO1)C1CCCN(C(=O)N2CCCC2)C1. The molecule has 3 aliphatic heterocycles. The Morgan fingerprint density at radius 2 is 1.73 bits per heavy atom. The average Bonchev–Trinajstić information content (AvgIpc) is 3.33. The van der Waals surface area contributed by atoms with Crippen molar-refractivity contribution < 1.29 is 14.3 Å². The van der Waals surface area contributed by atoms with Crippen LogP contribution in [0.1, 0.15) is 31.2 Å². The standard InChI is InChI=1S/C23H34N4O3/c28-22(20-9-6-12-27(17-20)23(29)26-10-4-5-11-26)24-15-21-18-25(13-14-30-21)16-19-7-2-1-3-8-19/h1-3,7-8,20-21H,4-6,9-18H2,(H,24,28). The van der Waals surface area contributed by atoms with E-state index in [-0.39, 0.29) is 24.0 Å². The van der Waals surface area contributed by atoms with Gasteiger partial charge in [0.15, 0.2) is 0 Å². The Kier molecular flexibility index (Phi) is 7.23. The molecule has 30 heavy (non-hydrogen) atoms. The largest absolute Gasteiger partial charge is 0.374 e. The van der Waals surface area contributed by atoms with Crippen LogP contribution in [0.4, 0.5) is 4.79 Å². The molecule has 3 saturated heterocycles. The lowest BCUT2D eigenvalue weighted by atomic mass is 9.97. The summed E-state index contributed by atoms with van der Waals surface area (Å²) < 4.78 is 5.88. The maximum absolute atomic E-state index is 12.8. The Balaban J connectivity index is 1.22. The third kappa shape index (κ3) is 5.52. The highest BCUT2D eigenvalue weighted by Gasteiger charge is 2.32. The van der Waals surface area contributed by atoms with E-state index in [1.165, 1.54) is 5.56 Å². The number of piperidine rings is 1. The van der Waals surface area contributed by atoms with Crippen LogP contribution in [0.5, 0.6) is 0 Å². The second-order valence-electron chi connectivity index (χ2n) is 8.72. The van der Waals surface area contributed by atoms with Crippen LogP contribution in [0.15, 0.2) is 30.3 Å². The number of hydrogen-bond acceptors (Lipinski definition) is 4. The zero-order chi connectivity index (χ0) is 20.8. The Bertz CT molecular complexity index is 708. The zero-order valence-corrected chi connectivity index (χ0v) is 17.8. The number of nitrogens with zero attached hydrogens (tertiary/aromatic N) is 3. The van der Waals surface area contributed by atoms with Crippen LogP contribution >= 0.6 is 0 Å². The molecule has 3 heterocycles. The number of rotatable bonds is 5. The third-order valence-corrected chi connectivity index (χ3v) is 6.42. The first-order chi connectivity index (χ1) is 14.7. The molecule has 164 valence electrons. The number of amides is 3. The van der Waals surface area contributed by atoms with Gasteiger partial charge in [-0.05, 0) is 31.2 Å². The molecule has 2 atom stereocenters. The molecule has 7 heteroatoms. The second-order valence-corrected chi connectivity index (χ2v) is 8.72. The second kappa shape index (κ2) is 10.3. The molecule has 2 unspecified atom stereocenters. The monoisotopic (exact) mass is 414 g/mol. The predicted molar refractivity (Wildman–Crippen MR) is 115 cm³/mol. The predicted octanol–water partition coefficient (Wildman–Crippen LogP) is 1.93. The highest BCUT2D eigenvalue weighted by atomic mass is 16.5. The van der Waals surface area contributed by atoms with Gasteiger partial charge >= 0.3 is 6.03 Å². The van der Waals surface area contributed by atoms with Crippen molar-refractivity contribution in [3.05, 3.63) is 35.9 Å². The molecule has 1 aromatic rings. The van der Waals surface area contributed by atoms with Gasteiger partial charge in [0.1, 0.15) is 0 Å². The van der Waals surface area contributed by atoms with E-state index in [1.807, 2.05) is 15.9 Å². The van der Waals surface area contributed by atoms with Crippen molar-refractivity contribution in [3.63, 3.8) is 0 Å². The molecule has 0 spiro atoms. The Morgan fingerprint density at radius 3 is 2.53 bits per heavy atom. The van der Waals surface area contributed by atoms with Gasteiger partial charge in [0.25, 0.3) is 0 Å². The Morgan fingerprint density at radius 1 is 0.967 bits per heavy atom. The molecule has 3 fully saturated rings. The summed E-state index contributed by atoms with van der Waals surface area (Å²) >= 11 is 0. The van der Waals surface area contributed by atoms with Gasteiger partial charge in [-0.2, -0.15) is 0 Å². The first kappa shape index (κ1) is 21.1. The molecule has 3 amide bonds. The van der Waals surface area contributed by atoms with Crippen molar-refractivity contribution in [1.29, 1.82) is 0 Å². The van der Waals surface area contributed by atoms with E-state index in [1.54, 1.807) is 0 Å².